The molecule has 50 valence electrons. The molecule has 0 amide bonds. The summed E-state index contributed by atoms with van der Waals surface area (Å²) in [6.07, 6.45) is 2.39. The van der Waals surface area contributed by atoms with Crippen molar-refractivity contribution in [3.63, 3.8) is 0 Å². The van der Waals surface area contributed by atoms with E-state index in [2.05, 4.69) is 11.0 Å². The fraction of sp³-hybridized carbons (Fsp3) is 1.00. The van der Waals surface area contributed by atoms with Gasteiger partial charge in [-0.2, -0.15) is 0 Å². The largest absolute Gasteiger partial charge is 0.513 e. The molecule has 4 nitrogen and oxygen atoms in total. The topological polar surface area (TPSA) is 42.5 Å². The van der Waals surface area contributed by atoms with Gasteiger partial charge in [-0.15, -0.1) is 5.64 Å². The normalized spacial score (nSPS) is 34.7. The van der Waals surface area contributed by atoms with Gasteiger partial charge in [0.15, 0.2) is 0 Å². The number of rotatable bonds is 1. The molecule has 2 aliphatic rings. The monoisotopic (exact) mass is 128 g/mol. The fourth-order valence-corrected chi connectivity index (χ4v) is 1.21. The lowest BCUT2D eigenvalue weighted by Crippen LogP contribution is -2.56. The molecule has 2 N–H and O–H groups in total. The molecule has 0 aliphatic carbocycles. The first-order valence-corrected chi connectivity index (χ1v) is 3.26. The molecule has 1 unspecified atom stereocenters. The molecule has 0 aromatic heterocycles. The van der Waals surface area contributed by atoms with Crippen LogP contribution < -0.4 is 11.0 Å². The van der Waals surface area contributed by atoms with Crippen molar-refractivity contribution in [1.29, 1.82) is 0 Å². The molecule has 0 aromatic carbocycles. The van der Waals surface area contributed by atoms with Gasteiger partial charge in [0.2, 0.25) is 0 Å². The Labute approximate surface area is 53.9 Å². The third kappa shape index (κ3) is 0.964. The number of nitrogens with one attached hydrogen (secondary N) is 2. The second kappa shape index (κ2) is 2.26. The molecule has 2 saturated heterocycles. The van der Waals surface area contributed by atoms with Gasteiger partial charge >= 0.3 is 7.12 Å². The maximum atomic E-state index is 4.88. The van der Waals surface area contributed by atoms with E-state index in [1.54, 1.807) is 0 Å². The van der Waals surface area contributed by atoms with Crippen molar-refractivity contribution >= 4 is 7.12 Å². The van der Waals surface area contributed by atoms with Crippen molar-refractivity contribution in [1.82, 2.24) is 11.0 Å². The molecule has 0 saturated carbocycles. The van der Waals surface area contributed by atoms with Crippen molar-refractivity contribution in [3.05, 3.63) is 0 Å². The first-order valence-electron chi connectivity index (χ1n) is 3.26. The maximum absolute atomic E-state index is 4.88. The fourth-order valence-electron chi connectivity index (χ4n) is 1.21. The minimum absolute atomic E-state index is 0.0486. The first kappa shape index (κ1) is 5.67. The van der Waals surface area contributed by atoms with Crippen molar-refractivity contribution in [3.8, 4) is 0 Å². The predicted octanol–water partition coefficient (Wildman–Crippen LogP) is -0.768. The summed E-state index contributed by atoms with van der Waals surface area (Å²) in [7, 11) is -0.0486. The van der Waals surface area contributed by atoms with Gasteiger partial charge in [-0.1, -0.05) is 0 Å². The Bertz CT molecular complexity index is 103. The lowest BCUT2D eigenvalue weighted by molar-refractivity contribution is -0.147. The van der Waals surface area contributed by atoms with Crippen LogP contribution in [0.5, 0.6) is 0 Å². The second-order valence-corrected chi connectivity index (χ2v) is 2.39. The molecule has 2 fully saturated rings. The highest BCUT2D eigenvalue weighted by Gasteiger charge is 2.38. The van der Waals surface area contributed by atoms with E-state index in [0.717, 1.165) is 13.0 Å². The van der Waals surface area contributed by atoms with Crippen LogP contribution in [0.25, 0.3) is 0 Å². The highest BCUT2D eigenvalue weighted by Crippen LogP contribution is 2.12. The van der Waals surface area contributed by atoms with Crippen LogP contribution in [0, 0.1) is 0 Å². The van der Waals surface area contributed by atoms with Gasteiger partial charge in [-0.05, 0) is 19.4 Å². The van der Waals surface area contributed by atoms with E-state index in [-0.39, 0.29) is 7.12 Å². The number of hydrogen-bond acceptors (Lipinski definition) is 4. The van der Waals surface area contributed by atoms with Crippen LogP contribution in [-0.2, 0) is 9.51 Å². The summed E-state index contributed by atoms with van der Waals surface area (Å²) in [6.45, 7) is 1.09. The van der Waals surface area contributed by atoms with E-state index in [0.29, 0.717) is 5.94 Å². The minimum atomic E-state index is -0.0486. The highest BCUT2D eigenvalue weighted by molar-refractivity contribution is 6.47. The Balaban J connectivity index is 1.82. The molecule has 2 aliphatic heterocycles. The SMILES string of the molecule is C1CNC(B2ONO2)C1. The van der Waals surface area contributed by atoms with Gasteiger partial charge < -0.3 is 14.8 Å². The molecule has 0 spiro atoms. The van der Waals surface area contributed by atoms with Gasteiger partial charge in [-0.3, -0.25) is 0 Å². The average Bonchev–Trinajstić information content (AvgIpc) is 2.11. The Hall–Kier alpha value is -0.0951. The molecule has 9 heavy (non-hydrogen) atoms. The van der Waals surface area contributed by atoms with E-state index in [9.17, 15) is 0 Å². The van der Waals surface area contributed by atoms with Crippen molar-refractivity contribution in [2.24, 2.45) is 0 Å². The van der Waals surface area contributed by atoms with Gasteiger partial charge in [-0.25, -0.2) is 0 Å². The standard InChI is InChI=1S/C4H9BN2O2/c1-2-4(6-3-1)5-8-7-9-5/h4,6-7H,1-3H2. The van der Waals surface area contributed by atoms with Gasteiger partial charge in [0.1, 0.15) is 0 Å². The second-order valence-electron chi connectivity index (χ2n) is 2.39. The lowest BCUT2D eigenvalue weighted by Gasteiger charge is -2.26. The van der Waals surface area contributed by atoms with Gasteiger partial charge in [0.05, 0.1) is 0 Å². The van der Waals surface area contributed by atoms with Gasteiger partial charge in [0.25, 0.3) is 0 Å². The average molecular weight is 128 g/mol. The van der Waals surface area contributed by atoms with Crippen molar-refractivity contribution < 1.29 is 9.51 Å². The van der Waals surface area contributed by atoms with Gasteiger partial charge in [0, 0.05) is 5.94 Å². The third-order valence-corrected chi connectivity index (χ3v) is 1.76. The van der Waals surface area contributed by atoms with Crippen molar-refractivity contribution in [2.75, 3.05) is 6.54 Å². The van der Waals surface area contributed by atoms with E-state index in [4.69, 9.17) is 9.51 Å². The summed E-state index contributed by atoms with van der Waals surface area (Å²) in [6, 6.07) is 0. The van der Waals surface area contributed by atoms with Crippen LogP contribution in [0.1, 0.15) is 12.8 Å². The van der Waals surface area contributed by atoms with E-state index >= 15 is 0 Å². The molecule has 5 heteroatoms. The van der Waals surface area contributed by atoms with Crippen molar-refractivity contribution in [2.45, 2.75) is 18.8 Å². The Morgan fingerprint density at radius 3 is 2.78 bits per heavy atom. The molecule has 0 bridgehead atoms. The highest BCUT2D eigenvalue weighted by atomic mass is 17.0. The zero-order valence-corrected chi connectivity index (χ0v) is 5.09. The van der Waals surface area contributed by atoms with E-state index in [1.165, 1.54) is 6.42 Å². The summed E-state index contributed by atoms with van der Waals surface area (Å²) < 4.78 is 9.76. The Kier molecular flexibility index (Phi) is 1.43. The molecule has 0 radical (unpaired) electrons. The lowest BCUT2D eigenvalue weighted by atomic mass is 9.77. The van der Waals surface area contributed by atoms with E-state index < -0.39 is 0 Å². The van der Waals surface area contributed by atoms with Crippen LogP contribution in [0.3, 0.4) is 0 Å². The van der Waals surface area contributed by atoms with Crippen LogP contribution in [0.4, 0.5) is 0 Å². The number of hydrogen-bond donors (Lipinski definition) is 2. The zero-order valence-electron chi connectivity index (χ0n) is 5.09. The maximum Gasteiger partial charge on any atom is 0.513 e. The molecule has 2 rings (SSSR count). The predicted molar refractivity (Wildman–Crippen MR) is 32.1 cm³/mol. The Morgan fingerprint density at radius 1 is 1.44 bits per heavy atom. The van der Waals surface area contributed by atoms with Crippen LogP contribution >= 0.6 is 0 Å². The quantitative estimate of drug-likeness (QED) is 0.455. The molecule has 2 heterocycles. The Morgan fingerprint density at radius 2 is 2.33 bits per heavy atom. The molecular weight excluding hydrogens is 119 g/mol. The first-order chi connectivity index (χ1) is 4.47. The van der Waals surface area contributed by atoms with Crippen LogP contribution in [0.15, 0.2) is 0 Å². The molecule has 0 aromatic rings. The summed E-state index contributed by atoms with van der Waals surface area (Å²) in [5.74, 6) is 0.409. The zero-order chi connectivity index (χ0) is 6.10. The van der Waals surface area contributed by atoms with Crippen LogP contribution in [-0.4, -0.2) is 19.6 Å². The minimum Gasteiger partial charge on any atom is -0.316 e. The van der Waals surface area contributed by atoms with E-state index in [1.807, 2.05) is 0 Å². The molecule has 1 atom stereocenters. The summed E-state index contributed by atoms with van der Waals surface area (Å²) in [5, 5.41) is 3.27. The third-order valence-electron chi connectivity index (χ3n) is 1.76. The smallest absolute Gasteiger partial charge is 0.316 e. The van der Waals surface area contributed by atoms with Crippen LogP contribution in [0.2, 0.25) is 0 Å². The summed E-state index contributed by atoms with van der Waals surface area (Å²) >= 11 is 0. The molecular formula is C4H9BN2O2. The summed E-state index contributed by atoms with van der Waals surface area (Å²) in [5.41, 5.74) is 2.30. The summed E-state index contributed by atoms with van der Waals surface area (Å²) in [4.78, 5) is 0.